The van der Waals surface area contributed by atoms with Gasteiger partial charge in [0.1, 0.15) is 20.2 Å². The van der Waals surface area contributed by atoms with Crippen molar-refractivity contribution in [1.82, 2.24) is 0 Å². The Bertz CT molecular complexity index is 122. The van der Waals surface area contributed by atoms with Gasteiger partial charge in [0.15, 0.2) is 0 Å². The first-order valence-electron chi connectivity index (χ1n) is 5.76. The largest absolute Gasteiger partial charge is 0.468 e. The van der Waals surface area contributed by atoms with Crippen LogP contribution in [0, 0.1) is 0 Å². The first kappa shape index (κ1) is 18.8. The van der Waals surface area contributed by atoms with Crippen molar-refractivity contribution in [3.63, 3.8) is 0 Å². The lowest BCUT2D eigenvalue weighted by atomic mass is 10.5. The predicted octanol–water partition coefficient (Wildman–Crippen LogP) is -0.959. The van der Waals surface area contributed by atoms with Crippen molar-refractivity contribution < 1.29 is 19.1 Å². The monoisotopic (exact) mass is 284 g/mol. The van der Waals surface area contributed by atoms with Crippen LogP contribution in [0.25, 0.3) is 0 Å². The van der Waals surface area contributed by atoms with Gasteiger partial charge in [-0.2, -0.15) is 0 Å². The van der Waals surface area contributed by atoms with E-state index < -0.39 is 8.07 Å². The fourth-order valence-electron chi connectivity index (χ4n) is 0.617. The normalized spacial score (nSPS) is 11.8. The van der Waals surface area contributed by atoms with Crippen LogP contribution in [0.5, 0.6) is 0 Å². The van der Waals surface area contributed by atoms with Crippen molar-refractivity contribution in [2.45, 2.75) is 32.1 Å². The lowest BCUT2D eigenvalue weighted by molar-refractivity contribution is 0.0926. The van der Waals surface area contributed by atoms with Gasteiger partial charge < -0.3 is 19.1 Å². The molecule has 0 aromatic heterocycles. The van der Waals surface area contributed by atoms with Gasteiger partial charge in [0, 0.05) is 12.8 Å². The van der Waals surface area contributed by atoms with Gasteiger partial charge in [0.05, 0.1) is 21.3 Å². The van der Waals surface area contributed by atoms with E-state index >= 15 is 0 Å². The zero-order valence-corrected chi connectivity index (χ0v) is 15.6. The summed E-state index contributed by atoms with van der Waals surface area (Å²) in [6, 6.07) is 1.20. The fourth-order valence-corrected chi connectivity index (χ4v) is 2.18. The first-order chi connectivity index (χ1) is 7.47. The van der Waals surface area contributed by atoms with Crippen LogP contribution in [-0.4, -0.2) is 64.6 Å². The smallest absolute Gasteiger partial charge is 0.145 e. The van der Waals surface area contributed by atoms with Gasteiger partial charge in [-0.1, -0.05) is 19.6 Å². The molecule has 0 aromatic rings. The van der Waals surface area contributed by atoms with Crippen molar-refractivity contribution in [1.29, 1.82) is 0 Å². The second-order valence-electron chi connectivity index (χ2n) is 4.75. The average molecular weight is 285 g/mol. The second-order valence-corrected chi connectivity index (χ2v) is 13.6. The summed E-state index contributed by atoms with van der Waals surface area (Å²) >= 11 is 0. The van der Waals surface area contributed by atoms with Gasteiger partial charge >= 0.3 is 0 Å². The quantitative estimate of drug-likeness (QED) is 0.445. The minimum atomic E-state index is -1.08. The maximum absolute atomic E-state index is 8.46. The summed E-state index contributed by atoms with van der Waals surface area (Å²) in [5, 5.41) is 16.8. The molecule has 0 heterocycles. The highest BCUT2D eigenvalue weighted by Gasteiger charge is 2.08. The van der Waals surface area contributed by atoms with Gasteiger partial charge in [-0.15, -0.1) is 0 Å². The molecule has 7 heteroatoms. The molecule has 16 heavy (non-hydrogen) atoms. The lowest BCUT2D eigenvalue weighted by Crippen LogP contribution is -2.25. The summed E-state index contributed by atoms with van der Waals surface area (Å²) in [6.45, 7) is 7.78. The highest BCUT2D eigenvalue weighted by Crippen LogP contribution is 1.95. The molecule has 0 amide bonds. The Morgan fingerprint density at radius 2 is 1.75 bits per heavy atom. The number of hydrogen-bond acceptors (Lipinski definition) is 4. The van der Waals surface area contributed by atoms with Crippen molar-refractivity contribution >= 4 is 28.3 Å². The third-order valence-electron chi connectivity index (χ3n) is 1.60. The van der Waals surface area contributed by atoms with Crippen molar-refractivity contribution in [2.75, 3.05) is 26.1 Å². The number of aliphatic hydroxyl groups excluding tert-OH is 2. The Hall–Kier alpha value is 0.491. The Morgan fingerprint density at radius 1 is 1.19 bits per heavy atom. The van der Waals surface area contributed by atoms with Gasteiger partial charge in [0.2, 0.25) is 0 Å². The molecule has 0 unspecified atom stereocenters. The molecule has 0 bridgehead atoms. The standard InChI is InChI=1S/C5H16O3Si2.C4H12OSi/c6-2-4-7-3-1-5-10-8-9;1-6(2,3)4-5/h6H,1-5,10H2,9H3;5H,4H2,1-3H3. The van der Waals surface area contributed by atoms with Crippen LogP contribution in [0.3, 0.4) is 0 Å². The van der Waals surface area contributed by atoms with Crippen molar-refractivity contribution in [3.05, 3.63) is 0 Å². The highest BCUT2D eigenvalue weighted by molar-refractivity contribution is 6.75. The van der Waals surface area contributed by atoms with E-state index in [1.807, 2.05) is 0 Å². The molecule has 4 nitrogen and oxygen atoms in total. The molecule has 100 valence electrons. The van der Waals surface area contributed by atoms with Crippen LogP contribution >= 0.6 is 0 Å². The molecular formula is C9H28O4Si3. The molecule has 0 atom stereocenters. The molecule has 0 fully saturated rings. The van der Waals surface area contributed by atoms with E-state index in [-0.39, 0.29) is 16.4 Å². The van der Waals surface area contributed by atoms with Gasteiger partial charge in [-0.05, 0) is 12.5 Å². The molecule has 0 aromatic carbocycles. The summed E-state index contributed by atoms with van der Waals surface area (Å²) in [5.41, 5.74) is 0. The Labute approximate surface area is 106 Å². The number of rotatable bonds is 8. The number of hydrogen-bond donors (Lipinski definition) is 2. The minimum Gasteiger partial charge on any atom is -0.468 e. The second kappa shape index (κ2) is 13.6. The van der Waals surface area contributed by atoms with E-state index in [1.54, 1.807) is 0 Å². The van der Waals surface area contributed by atoms with Gasteiger partial charge in [-0.3, -0.25) is 0 Å². The molecule has 0 aliphatic carbocycles. The summed E-state index contributed by atoms with van der Waals surface area (Å²) in [7, 11) is -0.379. The summed E-state index contributed by atoms with van der Waals surface area (Å²) < 4.78 is 10.2. The molecule has 2 N–H and O–H groups in total. The molecule has 0 saturated carbocycles. The maximum Gasteiger partial charge on any atom is 0.145 e. The van der Waals surface area contributed by atoms with Crippen LogP contribution in [0.1, 0.15) is 6.42 Å². The van der Waals surface area contributed by atoms with E-state index in [1.165, 1.54) is 6.04 Å². The molecule has 0 rings (SSSR count). The predicted molar refractivity (Wildman–Crippen MR) is 77.3 cm³/mol. The van der Waals surface area contributed by atoms with Crippen LogP contribution in [0.2, 0.25) is 25.7 Å². The SMILES string of the molecule is C[Si](C)(C)CO.OCCOCCC[SiH2]O[SiH3]. The van der Waals surface area contributed by atoms with Crippen LogP contribution in [0.4, 0.5) is 0 Å². The third kappa shape index (κ3) is 24.0. The van der Waals surface area contributed by atoms with E-state index in [4.69, 9.17) is 19.1 Å². The molecule has 0 radical (unpaired) electrons. The topological polar surface area (TPSA) is 58.9 Å². The van der Waals surface area contributed by atoms with Crippen LogP contribution < -0.4 is 0 Å². The zero-order chi connectivity index (χ0) is 12.9. The Kier molecular flexibility index (Phi) is 16.0. The zero-order valence-electron chi connectivity index (χ0n) is 11.2. The van der Waals surface area contributed by atoms with E-state index in [0.717, 1.165) is 23.5 Å². The number of aliphatic hydroxyl groups is 2. The maximum atomic E-state index is 8.46. The fraction of sp³-hybridized carbons (Fsp3) is 1.00. The van der Waals surface area contributed by atoms with Crippen LogP contribution in [0.15, 0.2) is 0 Å². The van der Waals surface area contributed by atoms with E-state index in [0.29, 0.717) is 12.8 Å². The van der Waals surface area contributed by atoms with Gasteiger partial charge in [-0.25, -0.2) is 0 Å². The molecule has 0 saturated heterocycles. The Balaban J connectivity index is 0. The summed E-state index contributed by atoms with van der Waals surface area (Å²) in [5.74, 6) is 0. The Morgan fingerprint density at radius 3 is 2.12 bits per heavy atom. The lowest BCUT2D eigenvalue weighted by Gasteiger charge is -2.08. The van der Waals surface area contributed by atoms with E-state index in [9.17, 15) is 0 Å². The summed E-state index contributed by atoms with van der Waals surface area (Å²) in [6.07, 6.45) is 1.50. The molecule has 0 aliphatic heterocycles. The molecule has 0 aliphatic rings. The highest BCUT2D eigenvalue weighted by atomic mass is 28.3. The minimum absolute atomic E-state index is 0.134. The van der Waals surface area contributed by atoms with E-state index in [2.05, 4.69) is 19.6 Å². The average Bonchev–Trinajstić information content (AvgIpc) is 2.23. The van der Waals surface area contributed by atoms with Crippen LogP contribution in [-0.2, 0) is 8.85 Å². The van der Waals surface area contributed by atoms with Gasteiger partial charge in [0.25, 0.3) is 0 Å². The molecule has 0 spiro atoms. The molecular weight excluding hydrogens is 256 g/mol. The number of ether oxygens (including phenoxy) is 1. The van der Waals surface area contributed by atoms with Crippen molar-refractivity contribution in [3.8, 4) is 0 Å². The first-order valence-corrected chi connectivity index (χ1v) is 11.9. The van der Waals surface area contributed by atoms with Crippen molar-refractivity contribution in [2.24, 2.45) is 0 Å². The third-order valence-corrected chi connectivity index (χ3v) is 4.97. The summed E-state index contributed by atoms with van der Waals surface area (Å²) in [4.78, 5) is 0.